The minimum Gasteiger partial charge on any atom is -0.293 e. The highest BCUT2D eigenvalue weighted by molar-refractivity contribution is 6.29. The second-order valence-corrected chi connectivity index (χ2v) is 3.03. The van der Waals surface area contributed by atoms with Crippen molar-refractivity contribution in [2.45, 2.75) is 20.4 Å². The highest BCUT2D eigenvalue weighted by Gasteiger charge is 2.00. The van der Waals surface area contributed by atoms with E-state index >= 15 is 0 Å². The molecular formula is C9H11ClN2O. The summed E-state index contributed by atoms with van der Waals surface area (Å²) < 4.78 is 1.56. The van der Waals surface area contributed by atoms with Crippen molar-refractivity contribution in [3.8, 4) is 0 Å². The second-order valence-electron chi connectivity index (χ2n) is 2.64. The first-order chi connectivity index (χ1) is 6.15. The average molecular weight is 199 g/mol. The Bertz CT molecular complexity index is 382. The fourth-order valence-corrected chi connectivity index (χ4v) is 1.24. The number of rotatable bonds is 2. The van der Waals surface area contributed by atoms with Gasteiger partial charge in [0.15, 0.2) is 0 Å². The number of hydrogen-bond acceptors (Lipinski definition) is 2. The van der Waals surface area contributed by atoms with Crippen LogP contribution in [0, 0.1) is 6.92 Å². The predicted molar refractivity (Wildman–Crippen MR) is 53.1 cm³/mol. The van der Waals surface area contributed by atoms with Gasteiger partial charge in [0.2, 0.25) is 0 Å². The summed E-state index contributed by atoms with van der Waals surface area (Å²) in [6, 6.07) is 1.32. The van der Waals surface area contributed by atoms with E-state index < -0.39 is 0 Å². The van der Waals surface area contributed by atoms with Crippen LogP contribution >= 0.6 is 11.6 Å². The number of aryl methyl sites for hydroxylation is 1. The number of aromatic nitrogens is 2. The van der Waals surface area contributed by atoms with Gasteiger partial charge in [-0.25, -0.2) is 4.98 Å². The lowest BCUT2D eigenvalue weighted by atomic mass is 10.4. The van der Waals surface area contributed by atoms with Gasteiger partial charge in [0.25, 0.3) is 5.56 Å². The first-order valence-electron chi connectivity index (χ1n) is 4.00. The lowest BCUT2D eigenvalue weighted by Gasteiger charge is -2.05. The Morgan fingerprint density at radius 2 is 2.38 bits per heavy atom. The van der Waals surface area contributed by atoms with Crippen molar-refractivity contribution < 1.29 is 0 Å². The zero-order valence-corrected chi connectivity index (χ0v) is 8.38. The molecule has 0 unspecified atom stereocenters. The van der Waals surface area contributed by atoms with Gasteiger partial charge in [-0.1, -0.05) is 23.8 Å². The third-order valence-electron chi connectivity index (χ3n) is 1.69. The van der Waals surface area contributed by atoms with Crippen LogP contribution < -0.4 is 5.56 Å². The molecule has 0 atom stereocenters. The molecule has 13 heavy (non-hydrogen) atoms. The molecule has 0 fully saturated rings. The predicted octanol–water partition coefficient (Wildman–Crippen LogP) is 1.78. The van der Waals surface area contributed by atoms with Gasteiger partial charge in [0.1, 0.15) is 11.0 Å². The van der Waals surface area contributed by atoms with Crippen LogP contribution in [0.2, 0.25) is 5.15 Å². The van der Waals surface area contributed by atoms with E-state index in [9.17, 15) is 4.79 Å². The fraction of sp³-hybridized carbons (Fsp3) is 0.333. The van der Waals surface area contributed by atoms with E-state index in [0.717, 1.165) is 0 Å². The van der Waals surface area contributed by atoms with Gasteiger partial charge >= 0.3 is 0 Å². The molecule has 0 aliphatic rings. The molecule has 4 heteroatoms. The highest BCUT2D eigenvalue weighted by Crippen LogP contribution is 2.00. The van der Waals surface area contributed by atoms with Crippen molar-refractivity contribution in [1.82, 2.24) is 9.55 Å². The zero-order chi connectivity index (χ0) is 9.84. The Balaban J connectivity index is 3.13. The molecule has 0 amide bonds. The van der Waals surface area contributed by atoms with E-state index in [4.69, 9.17) is 11.6 Å². The molecule has 0 bridgehead atoms. The summed E-state index contributed by atoms with van der Waals surface area (Å²) in [5.74, 6) is 0.635. The van der Waals surface area contributed by atoms with Gasteiger partial charge in [-0.15, -0.1) is 0 Å². The quantitative estimate of drug-likeness (QED) is 0.537. The summed E-state index contributed by atoms with van der Waals surface area (Å²) in [6.07, 6.45) is 3.78. The minimum absolute atomic E-state index is 0.115. The van der Waals surface area contributed by atoms with Crippen molar-refractivity contribution in [3.05, 3.63) is 39.5 Å². The molecule has 1 heterocycles. The molecule has 70 valence electrons. The van der Waals surface area contributed by atoms with E-state index in [-0.39, 0.29) is 10.7 Å². The molecule has 1 aromatic rings. The lowest BCUT2D eigenvalue weighted by molar-refractivity contribution is 0.714. The zero-order valence-electron chi connectivity index (χ0n) is 7.62. The van der Waals surface area contributed by atoms with Gasteiger partial charge in [-0.2, -0.15) is 0 Å². The molecule has 0 saturated carbocycles. The van der Waals surface area contributed by atoms with E-state index in [0.29, 0.717) is 12.4 Å². The van der Waals surface area contributed by atoms with E-state index in [1.54, 1.807) is 11.5 Å². The van der Waals surface area contributed by atoms with Crippen LogP contribution in [0.4, 0.5) is 0 Å². The Hall–Kier alpha value is -1.09. The summed E-state index contributed by atoms with van der Waals surface area (Å²) in [7, 11) is 0. The van der Waals surface area contributed by atoms with Crippen LogP contribution in [0.1, 0.15) is 12.7 Å². The maximum Gasteiger partial charge on any atom is 0.255 e. The van der Waals surface area contributed by atoms with Crippen molar-refractivity contribution in [2.75, 3.05) is 0 Å². The van der Waals surface area contributed by atoms with Crippen LogP contribution in [0.25, 0.3) is 0 Å². The summed E-state index contributed by atoms with van der Waals surface area (Å²) in [4.78, 5) is 15.4. The molecule has 0 spiro atoms. The fourth-order valence-electron chi connectivity index (χ4n) is 1.02. The van der Waals surface area contributed by atoms with Crippen LogP contribution in [0.15, 0.2) is 23.0 Å². The van der Waals surface area contributed by atoms with Crippen LogP contribution in [-0.4, -0.2) is 9.55 Å². The van der Waals surface area contributed by atoms with E-state index in [1.807, 2.05) is 19.1 Å². The van der Waals surface area contributed by atoms with Gasteiger partial charge in [0, 0.05) is 12.6 Å². The van der Waals surface area contributed by atoms with Crippen molar-refractivity contribution in [3.63, 3.8) is 0 Å². The minimum atomic E-state index is -0.115. The molecule has 0 radical (unpaired) electrons. The Morgan fingerprint density at radius 3 is 2.92 bits per heavy atom. The molecule has 0 saturated heterocycles. The maximum absolute atomic E-state index is 11.4. The number of nitrogens with zero attached hydrogens (tertiary/aromatic N) is 2. The summed E-state index contributed by atoms with van der Waals surface area (Å²) in [6.45, 7) is 4.21. The molecule has 0 aromatic carbocycles. The standard InChI is InChI=1S/C9H11ClN2O/c1-3-4-5-12-7(2)11-8(10)6-9(12)13/h3-4,6H,5H2,1-2H3/b4-3+. The molecular weight excluding hydrogens is 188 g/mol. The Morgan fingerprint density at radius 1 is 1.69 bits per heavy atom. The van der Waals surface area contributed by atoms with Gasteiger partial charge in [-0.3, -0.25) is 9.36 Å². The number of hydrogen-bond donors (Lipinski definition) is 0. The van der Waals surface area contributed by atoms with Gasteiger partial charge in [0.05, 0.1) is 0 Å². The van der Waals surface area contributed by atoms with Crippen molar-refractivity contribution in [1.29, 1.82) is 0 Å². The molecule has 1 aromatic heterocycles. The average Bonchev–Trinajstić information content (AvgIpc) is 2.02. The number of allylic oxidation sites excluding steroid dienone is 2. The molecule has 0 N–H and O–H groups in total. The highest BCUT2D eigenvalue weighted by atomic mass is 35.5. The third kappa shape index (κ3) is 2.42. The van der Waals surface area contributed by atoms with Crippen LogP contribution in [0.3, 0.4) is 0 Å². The first kappa shape index (κ1) is 9.99. The largest absolute Gasteiger partial charge is 0.293 e. The molecule has 1 rings (SSSR count). The number of halogens is 1. The van der Waals surface area contributed by atoms with Gasteiger partial charge in [-0.05, 0) is 13.8 Å². The third-order valence-corrected chi connectivity index (χ3v) is 1.89. The Kier molecular flexibility index (Phi) is 3.25. The monoisotopic (exact) mass is 198 g/mol. The summed E-state index contributed by atoms with van der Waals surface area (Å²) in [5.41, 5.74) is -0.115. The Labute approximate surface area is 81.7 Å². The van der Waals surface area contributed by atoms with Crippen LogP contribution in [-0.2, 0) is 6.54 Å². The van der Waals surface area contributed by atoms with Crippen LogP contribution in [0.5, 0.6) is 0 Å². The summed E-state index contributed by atoms with van der Waals surface area (Å²) >= 11 is 5.61. The second kappa shape index (κ2) is 4.23. The normalized spacial score (nSPS) is 11.0. The smallest absolute Gasteiger partial charge is 0.255 e. The van der Waals surface area contributed by atoms with Crippen molar-refractivity contribution >= 4 is 11.6 Å². The summed E-state index contributed by atoms with van der Waals surface area (Å²) in [5, 5.41) is 0.249. The topological polar surface area (TPSA) is 34.9 Å². The molecule has 3 nitrogen and oxygen atoms in total. The first-order valence-corrected chi connectivity index (χ1v) is 4.38. The van der Waals surface area contributed by atoms with E-state index in [1.165, 1.54) is 6.07 Å². The van der Waals surface area contributed by atoms with Gasteiger partial charge < -0.3 is 0 Å². The molecule has 0 aliphatic carbocycles. The maximum atomic E-state index is 11.4. The SMILES string of the molecule is C/C=C/Cn1c(C)nc(Cl)cc1=O. The van der Waals surface area contributed by atoms with E-state index in [2.05, 4.69) is 4.98 Å². The van der Waals surface area contributed by atoms with Crippen molar-refractivity contribution in [2.24, 2.45) is 0 Å². The molecule has 0 aliphatic heterocycles. The lowest BCUT2D eigenvalue weighted by Crippen LogP contribution is -2.22.